The molecule has 0 aliphatic heterocycles. The van der Waals surface area contributed by atoms with Gasteiger partial charge in [-0.15, -0.1) is 0 Å². The number of fused-ring (bicyclic) bond motifs is 3. The molecule has 1 aromatic heterocycles. The van der Waals surface area contributed by atoms with Crippen molar-refractivity contribution in [2.24, 2.45) is 11.8 Å². The molecule has 0 spiro atoms. The SMILES string of the molecule is Cc1c(O)c(C(=O)C(C)C)c2oc3c(C(=O)C(C)C)c(O)c(C)c(O)c3c2c1O. The van der Waals surface area contributed by atoms with E-state index in [-0.39, 0.29) is 55.7 Å². The molecule has 4 N–H and O–H groups in total. The van der Waals surface area contributed by atoms with Gasteiger partial charge >= 0.3 is 0 Å². The Morgan fingerprint density at radius 2 is 0.966 bits per heavy atom. The zero-order valence-electron chi connectivity index (χ0n) is 17.2. The van der Waals surface area contributed by atoms with Gasteiger partial charge in [0, 0.05) is 23.0 Å². The first-order valence-corrected chi connectivity index (χ1v) is 9.35. The summed E-state index contributed by atoms with van der Waals surface area (Å²) >= 11 is 0. The smallest absolute Gasteiger partial charge is 0.172 e. The van der Waals surface area contributed by atoms with Crippen LogP contribution in [0.3, 0.4) is 0 Å². The molecule has 7 nitrogen and oxygen atoms in total. The van der Waals surface area contributed by atoms with Gasteiger partial charge in [-0.05, 0) is 13.8 Å². The van der Waals surface area contributed by atoms with E-state index in [1.807, 2.05) is 0 Å². The standard InChI is InChI=1S/C22H24O7/c1-7(2)15(23)13-19(27)9(5)17(25)11-12-18(26)10(6)20(28)14(16(24)8(3)4)22(12)29-21(11)13/h7-8,25-28H,1-6H3. The van der Waals surface area contributed by atoms with Crippen molar-refractivity contribution in [3.8, 4) is 23.0 Å². The van der Waals surface area contributed by atoms with E-state index < -0.39 is 34.9 Å². The number of hydrogen-bond acceptors (Lipinski definition) is 7. The first kappa shape index (κ1) is 20.5. The largest absolute Gasteiger partial charge is 0.507 e. The Kier molecular flexibility index (Phi) is 4.73. The topological polar surface area (TPSA) is 128 Å². The van der Waals surface area contributed by atoms with Crippen LogP contribution in [0.2, 0.25) is 0 Å². The summed E-state index contributed by atoms with van der Waals surface area (Å²) < 4.78 is 5.81. The van der Waals surface area contributed by atoms with Gasteiger partial charge in [-0.3, -0.25) is 9.59 Å². The molecule has 0 aliphatic rings. The van der Waals surface area contributed by atoms with Crippen LogP contribution in [0.25, 0.3) is 21.9 Å². The highest BCUT2D eigenvalue weighted by molar-refractivity contribution is 6.24. The third-order valence-corrected chi connectivity index (χ3v) is 5.27. The Morgan fingerprint density at radius 3 is 1.24 bits per heavy atom. The van der Waals surface area contributed by atoms with Crippen LogP contribution in [0.5, 0.6) is 23.0 Å². The second-order valence-corrected chi connectivity index (χ2v) is 7.94. The number of benzene rings is 2. The highest BCUT2D eigenvalue weighted by atomic mass is 16.3. The number of furan rings is 1. The minimum Gasteiger partial charge on any atom is -0.507 e. The van der Waals surface area contributed by atoms with E-state index in [1.54, 1.807) is 27.7 Å². The Hall–Kier alpha value is -3.22. The van der Waals surface area contributed by atoms with E-state index in [1.165, 1.54) is 13.8 Å². The molecule has 0 unspecified atom stereocenters. The Morgan fingerprint density at radius 1 is 0.655 bits per heavy atom. The van der Waals surface area contributed by atoms with Crippen molar-refractivity contribution >= 4 is 33.5 Å². The summed E-state index contributed by atoms with van der Waals surface area (Å²) in [5.74, 6) is -3.42. The molecule has 2 aromatic carbocycles. The lowest BCUT2D eigenvalue weighted by Gasteiger charge is -2.12. The molecule has 0 radical (unpaired) electrons. The number of ketones is 2. The van der Waals surface area contributed by atoms with Crippen LogP contribution >= 0.6 is 0 Å². The van der Waals surface area contributed by atoms with Gasteiger partial charge in [0.05, 0.1) is 10.8 Å². The third-order valence-electron chi connectivity index (χ3n) is 5.27. The van der Waals surface area contributed by atoms with Crippen LogP contribution in [0.1, 0.15) is 59.5 Å². The summed E-state index contributed by atoms with van der Waals surface area (Å²) in [6, 6.07) is 0. The maximum absolute atomic E-state index is 12.8. The molecule has 0 saturated carbocycles. The molecule has 29 heavy (non-hydrogen) atoms. The predicted molar refractivity (Wildman–Crippen MR) is 108 cm³/mol. The van der Waals surface area contributed by atoms with Crippen molar-refractivity contribution in [3.05, 3.63) is 22.3 Å². The molecule has 0 amide bonds. The summed E-state index contributed by atoms with van der Waals surface area (Å²) in [6.07, 6.45) is 0. The quantitative estimate of drug-likeness (QED) is 0.467. The highest BCUT2D eigenvalue weighted by Gasteiger charge is 2.33. The van der Waals surface area contributed by atoms with Crippen LogP contribution in [0.4, 0.5) is 0 Å². The summed E-state index contributed by atoms with van der Waals surface area (Å²) in [4.78, 5) is 25.6. The molecule has 154 valence electrons. The van der Waals surface area contributed by atoms with Crippen molar-refractivity contribution in [2.75, 3.05) is 0 Å². The van der Waals surface area contributed by atoms with Crippen LogP contribution in [-0.2, 0) is 0 Å². The zero-order chi connectivity index (χ0) is 21.9. The van der Waals surface area contributed by atoms with Gasteiger partial charge in [-0.1, -0.05) is 27.7 Å². The summed E-state index contributed by atoms with van der Waals surface area (Å²) in [5.41, 5.74) is -0.464. The lowest BCUT2D eigenvalue weighted by Crippen LogP contribution is -2.09. The zero-order valence-corrected chi connectivity index (χ0v) is 17.2. The van der Waals surface area contributed by atoms with E-state index in [0.717, 1.165) is 0 Å². The molecule has 0 aliphatic carbocycles. The Labute approximate surface area is 167 Å². The summed E-state index contributed by atoms with van der Waals surface area (Å²) in [5, 5.41) is 42.5. The molecule has 0 saturated heterocycles. The molecule has 0 bridgehead atoms. The van der Waals surface area contributed by atoms with Crippen LogP contribution < -0.4 is 0 Å². The average Bonchev–Trinajstić information content (AvgIpc) is 3.04. The van der Waals surface area contributed by atoms with Crippen molar-refractivity contribution in [3.63, 3.8) is 0 Å². The number of phenols is 4. The van der Waals surface area contributed by atoms with E-state index in [2.05, 4.69) is 0 Å². The number of carbonyl (C=O) groups excluding carboxylic acids is 2. The van der Waals surface area contributed by atoms with E-state index >= 15 is 0 Å². The van der Waals surface area contributed by atoms with Crippen LogP contribution in [-0.4, -0.2) is 32.0 Å². The minimum absolute atomic E-state index is 0.0118. The molecule has 3 rings (SSSR count). The van der Waals surface area contributed by atoms with Crippen molar-refractivity contribution in [1.29, 1.82) is 0 Å². The number of aromatic hydroxyl groups is 4. The fraction of sp³-hybridized carbons (Fsp3) is 0.364. The second-order valence-electron chi connectivity index (χ2n) is 7.94. The maximum atomic E-state index is 12.8. The van der Waals surface area contributed by atoms with Gasteiger partial charge in [-0.25, -0.2) is 0 Å². The van der Waals surface area contributed by atoms with E-state index in [9.17, 15) is 30.0 Å². The van der Waals surface area contributed by atoms with E-state index in [0.29, 0.717) is 0 Å². The Balaban J connectivity index is 2.68. The first-order chi connectivity index (χ1) is 13.4. The van der Waals surface area contributed by atoms with Crippen molar-refractivity contribution in [2.45, 2.75) is 41.5 Å². The number of carbonyl (C=O) groups is 2. The van der Waals surface area contributed by atoms with Gasteiger partial charge in [-0.2, -0.15) is 0 Å². The maximum Gasteiger partial charge on any atom is 0.172 e. The molecule has 3 aromatic rings. The second kappa shape index (κ2) is 6.69. The number of phenolic OH excluding ortho intramolecular Hbond substituents is 4. The third kappa shape index (κ3) is 2.72. The van der Waals surface area contributed by atoms with E-state index in [4.69, 9.17) is 4.42 Å². The number of rotatable bonds is 4. The van der Waals surface area contributed by atoms with Gasteiger partial charge in [0.15, 0.2) is 22.7 Å². The molecular formula is C22H24O7. The number of Topliss-reactive ketones (excluding diaryl/α,β-unsaturated/α-hetero) is 2. The van der Waals surface area contributed by atoms with Crippen LogP contribution in [0.15, 0.2) is 4.42 Å². The summed E-state index contributed by atoms with van der Waals surface area (Å²) in [7, 11) is 0. The molecular weight excluding hydrogens is 376 g/mol. The Bertz CT molecular complexity index is 1100. The van der Waals surface area contributed by atoms with Crippen molar-refractivity contribution in [1.82, 2.24) is 0 Å². The minimum atomic E-state index is -0.484. The van der Waals surface area contributed by atoms with Crippen molar-refractivity contribution < 1.29 is 34.4 Å². The molecule has 1 heterocycles. The number of hydrogen-bond donors (Lipinski definition) is 4. The predicted octanol–water partition coefficient (Wildman–Crippen LogP) is 4.70. The summed E-state index contributed by atoms with van der Waals surface area (Å²) in [6.45, 7) is 9.48. The van der Waals surface area contributed by atoms with Gasteiger partial charge in [0.25, 0.3) is 0 Å². The molecule has 7 heteroatoms. The fourth-order valence-corrected chi connectivity index (χ4v) is 3.46. The average molecular weight is 400 g/mol. The van der Waals surface area contributed by atoms with Gasteiger partial charge in [0.2, 0.25) is 0 Å². The molecule has 0 atom stereocenters. The van der Waals surface area contributed by atoms with Crippen LogP contribution in [0, 0.1) is 25.7 Å². The highest BCUT2D eigenvalue weighted by Crippen LogP contribution is 2.51. The normalized spacial score (nSPS) is 11.9. The van der Waals surface area contributed by atoms with Gasteiger partial charge in [0.1, 0.15) is 34.1 Å². The fourth-order valence-electron chi connectivity index (χ4n) is 3.46. The monoisotopic (exact) mass is 400 g/mol. The lowest BCUT2D eigenvalue weighted by atomic mass is 9.92. The molecule has 0 fully saturated rings. The lowest BCUT2D eigenvalue weighted by molar-refractivity contribution is 0.0931. The first-order valence-electron chi connectivity index (χ1n) is 9.35. The van der Waals surface area contributed by atoms with Gasteiger partial charge < -0.3 is 24.8 Å².